The van der Waals surface area contributed by atoms with Crippen molar-refractivity contribution in [3.05, 3.63) is 54.2 Å². The van der Waals surface area contributed by atoms with Crippen LogP contribution in [-0.4, -0.2) is 31.2 Å². The zero-order valence-electron chi connectivity index (χ0n) is 15.6. The molecule has 0 bridgehead atoms. The summed E-state index contributed by atoms with van der Waals surface area (Å²) in [5, 5.41) is 9.21. The van der Waals surface area contributed by atoms with E-state index >= 15 is 0 Å². The minimum Gasteiger partial charge on any atom is -0.497 e. The third kappa shape index (κ3) is 4.29. The van der Waals surface area contributed by atoms with E-state index < -0.39 is 5.91 Å². The van der Waals surface area contributed by atoms with E-state index in [1.54, 1.807) is 49.6 Å². The lowest BCUT2D eigenvalue weighted by Crippen LogP contribution is -2.12. The zero-order valence-corrected chi connectivity index (χ0v) is 15.6. The van der Waals surface area contributed by atoms with Crippen LogP contribution in [0.3, 0.4) is 0 Å². The molecule has 0 aliphatic rings. The Labute approximate surface area is 161 Å². The lowest BCUT2D eigenvalue weighted by atomic mass is 10.1. The molecule has 3 rings (SSSR count). The van der Waals surface area contributed by atoms with E-state index in [9.17, 15) is 9.59 Å². The molecule has 0 saturated carbocycles. The number of hydrogen-bond acceptors (Lipinski definition) is 6. The van der Waals surface area contributed by atoms with Crippen molar-refractivity contribution in [2.45, 2.75) is 6.92 Å². The fraction of sp³-hybridized carbons (Fsp3) is 0.150. The molecule has 0 radical (unpaired) electrons. The normalized spacial score (nSPS) is 10.2. The molecule has 8 nitrogen and oxygen atoms in total. The average Bonchev–Trinajstić information content (AvgIpc) is 3.17. The van der Waals surface area contributed by atoms with Crippen LogP contribution < -0.4 is 20.1 Å². The molecule has 0 unspecified atom stereocenters. The molecule has 1 aromatic heterocycles. The molecule has 144 valence electrons. The van der Waals surface area contributed by atoms with E-state index in [1.807, 2.05) is 0 Å². The Hall–Kier alpha value is -3.81. The monoisotopic (exact) mass is 381 g/mol. The van der Waals surface area contributed by atoms with E-state index in [4.69, 9.17) is 14.0 Å². The third-order valence-electron chi connectivity index (χ3n) is 3.86. The Morgan fingerprint density at radius 2 is 1.71 bits per heavy atom. The number of hydrogen-bond donors (Lipinski definition) is 2. The molecule has 1 heterocycles. The van der Waals surface area contributed by atoms with Crippen molar-refractivity contribution in [1.29, 1.82) is 0 Å². The summed E-state index contributed by atoms with van der Waals surface area (Å²) in [7, 11) is 3.09. The molecule has 8 heteroatoms. The molecule has 0 aliphatic carbocycles. The molecule has 0 atom stereocenters. The van der Waals surface area contributed by atoms with Crippen LogP contribution in [0.4, 0.5) is 11.4 Å². The Bertz CT molecular complexity index is 1010. The summed E-state index contributed by atoms with van der Waals surface area (Å²) < 4.78 is 15.9. The quantitative estimate of drug-likeness (QED) is 0.677. The first-order valence-corrected chi connectivity index (χ1v) is 8.38. The van der Waals surface area contributed by atoms with Crippen LogP contribution in [0, 0.1) is 0 Å². The van der Waals surface area contributed by atoms with Gasteiger partial charge in [-0.3, -0.25) is 9.59 Å². The molecule has 0 saturated heterocycles. The highest BCUT2D eigenvalue weighted by Gasteiger charge is 2.17. The highest BCUT2D eigenvalue weighted by Crippen LogP contribution is 2.33. The number of carbonyl (C=O) groups excluding carboxylic acids is 2. The summed E-state index contributed by atoms with van der Waals surface area (Å²) in [5.41, 5.74) is 1.80. The van der Waals surface area contributed by atoms with Gasteiger partial charge in [-0.15, -0.1) is 0 Å². The van der Waals surface area contributed by atoms with Gasteiger partial charge in [0.15, 0.2) is 11.5 Å². The maximum atomic E-state index is 12.5. The molecule has 2 N–H and O–H groups in total. The highest BCUT2D eigenvalue weighted by atomic mass is 16.5. The molecular weight excluding hydrogens is 362 g/mol. The van der Waals surface area contributed by atoms with Crippen LogP contribution in [0.5, 0.6) is 11.5 Å². The third-order valence-corrected chi connectivity index (χ3v) is 3.86. The van der Waals surface area contributed by atoms with Gasteiger partial charge in [-0.25, -0.2) is 0 Å². The first-order valence-electron chi connectivity index (χ1n) is 8.38. The fourth-order valence-electron chi connectivity index (χ4n) is 2.59. The van der Waals surface area contributed by atoms with Crippen molar-refractivity contribution >= 4 is 23.2 Å². The topological polar surface area (TPSA) is 103 Å². The van der Waals surface area contributed by atoms with E-state index in [-0.39, 0.29) is 11.6 Å². The van der Waals surface area contributed by atoms with Crippen LogP contribution >= 0.6 is 0 Å². The smallest absolute Gasteiger partial charge is 0.277 e. The number of anilines is 2. The van der Waals surface area contributed by atoms with Crippen LogP contribution in [0.1, 0.15) is 17.4 Å². The van der Waals surface area contributed by atoms with E-state index in [2.05, 4.69) is 15.8 Å². The summed E-state index contributed by atoms with van der Waals surface area (Å²) in [5.74, 6) is 0.904. The first-order chi connectivity index (χ1) is 13.5. The number of benzene rings is 2. The zero-order chi connectivity index (χ0) is 20.1. The van der Waals surface area contributed by atoms with Crippen molar-refractivity contribution in [3.63, 3.8) is 0 Å². The summed E-state index contributed by atoms with van der Waals surface area (Å²) >= 11 is 0. The van der Waals surface area contributed by atoms with Gasteiger partial charge < -0.3 is 24.6 Å². The molecule has 0 fully saturated rings. The molecule has 3 aromatic rings. The molecule has 0 aliphatic heterocycles. The van der Waals surface area contributed by atoms with Gasteiger partial charge in [-0.05, 0) is 36.4 Å². The van der Waals surface area contributed by atoms with E-state index in [1.165, 1.54) is 20.1 Å². The largest absolute Gasteiger partial charge is 0.497 e. The summed E-state index contributed by atoms with van der Waals surface area (Å²) in [6.07, 6.45) is 0. The second-order valence-corrected chi connectivity index (χ2v) is 5.86. The lowest BCUT2D eigenvalue weighted by Gasteiger charge is -2.07. The number of aromatic nitrogens is 1. The van der Waals surface area contributed by atoms with E-state index in [0.29, 0.717) is 34.2 Å². The van der Waals surface area contributed by atoms with Gasteiger partial charge in [0.25, 0.3) is 5.91 Å². The van der Waals surface area contributed by atoms with Crippen molar-refractivity contribution in [2.75, 3.05) is 24.9 Å². The minimum absolute atomic E-state index is 0.102. The Kier molecular flexibility index (Phi) is 5.59. The SMILES string of the molecule is COc1ccc(OC)c(-c2cc(C(=O)Nc3cccc(NC(C)=O)c3)no2)c1. The standard InChI is InChI=1S/C20H19N3O5/c1-12(24)21-13-5-4-6-14(9-13)22-20(25)17-11-19(28-23-17)16-10-15(26-2)7-8-18(16)27-3/h4-11H,1-3H3,(H,21,24)(H,22,25). The van der Waals surface area contributed by atoms with Gasteiger partial charge >= 0.3 is 0 Å². The first kappa shape index (κ1) is 19.0. The maximum Gasteiger partial charge on any atom is 0.277 e. The summed E-state index contributed by atoms with van der Waals surface area (Å²) in [6, 6.07) is 13.5. The molecular formula is C20H19N3O5. The second-order valence-electron chi connectivity index (χ2n) is 5.86. The molecule has 28 heavy (non-hydrogen) atoms. The minimum atomic E-state index is -0.447. The fourth-order valence-corrected chi connectivity index (χ4v) is 2.59. The molecule has 2 amide bonds. The van der Waals surface area contributed by atoms with Crippen LogP contribution in [0.15, 0.2) is 53.1 Å². The van der Waals surface area contributed by atoms with Gasteiger partial charge in [-0.2, -0.15) is 0 Å². The van der Waals surface area contributed by atoms with Gasteiger partial charge in [0.1, 0.15) is 11.5 Å². The Morgan fingerprint density at radius 1 is 0.964 bits per heavy atom. The van der Waals surface area contributed by atoms with Crippen molar-refractivity contribution in [1.82, 2.24) is 5.16 Å². The van der Waals surface area contributed by atoms with Gasteiger partial charge in [0.2, 0.25) is 5.91 Å². The second kappa shape index (κ2) is 8.26. The number of rotatable bonds is 6. The Balaban J connectivity index is 1.81. The number of amides is 2. The molecule has 0 spiro atoms. The van der Waals surface area contributed by atoms with Crippen molar-refractivity contribution in [3.8, 4) is 22.8 Å². The predicted molar refractivity (Wildman–Crippen MR) is 104 cm³/mol. The summed E-state index contributed by atoms with van der Waals surface area (Å²) in [4.78, 5) is 23.7. The number of nitrogens with one attached hydrogen (secondary N) is 2. The number of ether oxygens (including phenoxy) is 2. The number of carbonyl (C=O) groups is 2. The van der Waals surface area contributed by atoms with Crippen LogP contribution in [0.25, 0.3) is 11.3 Å². The number of nitrogens with zero attached hydrogens (tertiary/aromatic N) is 1. The maximum absolute atomic E-state index is 12.5. The lowest BCUT2D eigenvalue weighted by molar-refractivity contribution is -0.114. The van der Waals surface area contributed by atoms with Crippen LogP contribution in [0.2, 0.25) is 0 Å². The van der Waals surface area contributed by atoms with Gasteiger partial charge in [-0.1, -0.05) is 11.2 Å². The molecule has 2 aromatic carbocycles. The Morgan fingerprint density at radius 3 is 2.39 bits per heavy atom. The number of methoxy groups -OCH3 is 2. The van der Waals surface area contributed by atoms with Crippen molar-refractivity contribution in [2.24, 2.45) is 0 Å². The predicted octanol–water partition coefficient (Wildman–Crippen LogP) is 3.57. The average molecular weight is 381 g/mol. The van der Waals surface area contributed by atoms with Gasteiger partial charge in [0.05, 0.1) is 19.8 Å². The summed E-state index contributed by atoms with van der Waals surface area (Å²) in [6.45, 7) is 1.41. The van der Waals surface area contributed by atoms with E-state index in [0.717, 1.165) is 0 Å². The van der Waals surface area contributed by atoms with Crippen molar-refractivity contribution < 1.29 is 23.6 Å². The van der Waals surface area contributed by atoms with Crippen LogP contribution in [-0.2, 0) is 4.79 Å². The highest BCUT2D eigenvalue weighted by molar-refractivity contribution is 6.03. The van der Waals surface area contributed by atoms with Gasteiger partial charge in [0, 0.05) is 24.4 Å².